The second-order valence-electron chi connectivity index (χ2n) is 2.31. The molecular formula is C8H11ClO3. The number of carbonyl (C=O) groups is 1. The highest BCUT2D eigenvalue weighted by molar-refractivity contribution is 5.85. The van der Waals surface area contributed by atoms with E-state index in [-0.39, 0.29) is 18.8 Å². The Hall–Kier alpha value is -0.960. The molecule has 4 heteroatoms. The van der Waals surface area contributed by atoms with Crippen molar-refractivity contribution in [3.63, 3.8) is 0 Å². The zero-order valence-electron chi connectivity index (χ0n) is 6.53. The highest BCUT2D eigenvalue weighted by atomic mass is 35.5. The molecule has 1 rings (SSSR count). The minimum atomic E-state index is -0.803. The van der Waals surface area contributed by atoms with Gasteiger partial charge in [-0.2, -0.15) is 0 Å². The minimum absolute atomic E-state index is 0. The molecular weight excluding hydrogens is 180 g/mol. The van der Waals surface area contributed by atoms with Gasteiger partial charge in [-0.1, -0.05) is 6.08 Å². The van der Waals surface area contributed by atoms with Gasteiger partial charge >= 0.3 is 5.97 Å². The van der Waals surface area contributed by atoms with Crippen LogP contribution < -0.4 is 0 Å². The van der Waals surface area contributed by atoms with Gasteiger partial charge in [-0.05, 0) is 18.1 Å². The third kappa shape index (κ3) is 4.03. The van der Waals surface area contributed by atoms with Crippen molar-refractivity contribution in [2.75, 3.05) is 6.61 Å². The van der Waals surface area contributed by atoms with Crippen molar-refractivity contribution in [1.82, 2.24) is 0 Å². The number of rotatable bonds is 2. The summed E-state index contributed by atoms with van der Waals surface area (Å²) in [5, 5.41) is 8.44. The zero-order chi connectivity index (χ0) is 8.10. The van der Waals surface area contributed by atoms with E-state index in [4.69, 9.17) is 9.84 Å². The molecule has 0 amide bonds. The van der Waals surface area contributed by atoms with Crippen LogP contribution in [0.4, 0.5) is 0 Å². The second kappa shape index (κ2) is 5.66. The van der Waals surface area contributed by atoms with Gasteiger partial charge in [-0.3, -0.25) is 4.79 Å². The fourth-order valence-corrected chi connectivity index (χ4v) is 0.890. The average Bonchev–Trinajstić information content (AvgIpc) is 2.14. The van der Waals surface area contributed by atoms with E-state index >= 15 is 0 Å². The molecule has 0 aromatic carbocycles. The summed E-state index contributed by atoms with van der Waals surface area (Å²) in [5.41, 5.74) is 0.815. The summed E-state index contributed by atoms with van der Waals surface area (Å²) >= 11 is 0. The molecule has 0 aromatic rings. The van der Waals surface area contributed by atoms with Crippen LogP contribution in [-0.2, 0) is 9.53 Å². The van der Waals surface area contributed by atoms with Crippen LogP contribution >= 0.6 is 12.4 Å². The molecule has 0 radical (unpaired) electrons. The van der Waals surface area contributed by atoms with E-state index in [1.54, 1.807) is 12.3 Å². The van der Waals surface area contributed by atoms with E-state index < -0.39 is 5.97 Å². The highest BCUT2D eigenvalue weighted by Gasteiger charge is 2.01. The maximum atomic E-state index is 10.3. The maximum absolute atomic E-state index is 10.3. The number of ether oxygens (including phenoxy) is 1. The van der Waals surface area contributed by atoms with Crippen LogP contribution in [0.3, 0.4) is 0 Å². The Kier molecular flexibility index (Phi) is 5.21. The molecule has 0 bridgehead atoms. The Balaban J connectivity index is 0.00000121. The first-order chi connectivity index (χ1) is 5.29. The van der Waals surface area contributed by atoms with Crippen LogP contribution in [0.25, 0.3) is 0 Å². The van der Waals surface area contributed by atoms with Crippen LogP contribution in [0.5, 0.6) is 0 Å². The molecule has 0 aliphatic carbocycles. The largest absolute Gasteiger partial charge is 0.501 e. The normalized spacial score (nSPS) is 15.2. The summed E-state index contributed by atoms with van der Waals surface area (Å²) in [4.78, 5) is 10.3. The first-order valence-corrected chi connectivity index (χ1v) is 3.48. The monoisotopic (exact) mass is 190 g/mol. The van der Waals surface area contributed by atoms with E-state index in [1.165, 1.54) is 0 Å². The maximum Gasteiger partial charge on any atom is 0.307 e. The fraction of sp³-hybridized carbons (Fsp3) is 0.375. The standard InChI is InChI=1S/C8H10O3.ClH/c9-8(10)6-7-2-1-4-11-5-3-7;/h2-3,5H,1,4,6H2,(H,9,10);1H. The predicted octanol–water partition coefficient (Wildman–Crippen LogP) is 1.74. The molecule has 0 unspecified atom stereocenters. The summed E-state index contributed by atoms with van der Waals surface area (Å²) in [5.74, 6) is -0.803. The molecule has 1 N–H and O–H groups in total. The van der Waals surface area contributed by atoms with Crippen molar-refractivity contribution < 1.29 is 14.6 Å². The number of hydrogen-bond donors (Lipinski definition) is 1. The smallest absolute Gasteiger partial charge is 0.307 e. The van der Waals surface area contributed by atoms with E-state index in [0.717, 1.165) is 12.0 Å². The van der Waals surface area contributed by atoms with Gasteiger partial charge in [-0.15, -0.1) is 12.4 Å². The molecule has 1 aliphatic rings. The van der Waals surface area contributed by atoms with E-state index in [1.807, 2.05) is 6.08 Å². The molecule has 12 heavy (non-hydrogen) atoms. The lowest BCUT2D eigenvalue weighted by Crippen LogP contribution is -1.95. The first kappa shape index (κ1) is 11.0. The number of aliphatic carboxylic acids is 1. The number of allylic oxidation sites excluding steroid dienone is 1. The van der Waals surface area contributed by atoms with Gasteiger partial charge in [0.05, 0.1) is 19.3 Å². The molecule has 1 heterocycles. The van der Waals surface area contributed by atoms with Crippen LogP contribution in [-0.4, -0.2) is 17.7 Å². The number of carboxylic acids is 1. The molecule has 3 nitrogen and oxygen atoms in total. The SMILES string of the molecule is Cl.O=C(O)CC1=CCCOC=C1. The Morgan fingerprint density at radius 3 is 3.08 bits per heavy atom. The summed E-state index contributed by atoms with van der Waals surface area (Å²) in [6.07, 6.45) is 6.00. The third-order valence-corrected chi connectivity index (χ3v) is 1.38. The van der Waals surface area contributed by atoms with Gasteiger partial charge < -0.3 is 9.84 Å². The zero-order valence-corrected chi connectivity index (χ0v) is 7.34. The summed E-state index contributed by atoms with van der Waals surface area (Å²) < 4.78 is 4.98. The molecule has 0 saturated carbocycles. The number of carboxylic acid groups (broad SMARTS) is 1. The molecule has 0 saturated heterocycles. The van der Waals surface area contributed by atoms with Crippen LogP contribution in [0.2, 0.25) is 0 Å². The van der Waals surface area contributed by atoms with Crippen molar-refractivity contribution in [1.29, 1.82) is 0 Å². The van der Waals surface area contributed by atoms with E-state index in [2.05, 4.69) is 0 Å². The lowest BCUT2D eigenvalue weighted by Gasteiger charge is -1.92. The van der Waals surface area contributed by atoms with Crippen molar-refractivity contribution in [2.24, 2.45) is 0 Å². The molecule has 0 spiro atoms. The van der Waals surface area contributed by atoms with Crippen LogP contribution in [0.1, 0.15) is 12.8 Å². The summed E-state index contributed by atoms with van der Waals surface area (Å²) in [6.45, 7) is 0.639. The van der Waals surface area contributed by atoms with Crippen molar-refractivity contribution >= 4 is 18.4 Å². The van der Waals surface area contributed by atoms with Crippen molar-refractivity contribution in [3.05, 3.63) is 24.0 Å². The van der Waals surface area contributed by atoms with Gasteiger partial charge in [0.15, 0.2) is 0 Å². The minimum Gasteiger partial charge on any atom is -0.501 e. The Morgan fingerprint density at radius 1 is 1.67 bits per heavy atom. The molecule has 68 valence electrons. The van der Waals surface area contributed by atoms with Crippen LogP contribution in [0.15, 0.2) is 24.0 Å². The number of halogens is 1. The third-order valence-electron chi connectivity index (χ3n) is 1.38. The van der Waals surface area contributed by atoms with Gasteiger partial charge in [-0.25, -0.2) is 0 Å². The molecule has 1 aliphatic heterocycles. The fourth-order valence-electron chi connectivity index (χ4n) is 0.890. The lowest BCUT2D eigenvalue weighted by atomic mass is 10.1. The first-order valence-electron chi connectivity index (χ1n) is 3.48. The van der Waals surface area contributed by atoms with Gasteiger partial charge in [0.25, 0.3) is 0 Å². The topological polar surface area (TPSA) is 46.5 Å². The van der Waals surface area contributed by atoms with Gasteiger partial charge in [0.2, 0.25) is 0 Å². The van der Waals surface area contributed by atoms with Crippen molar-refractivity contribution in [2.45, 2.75) is 12.8 Å². The highest BCUT2D eigenvalue weighted by Crippen LogP contribution is 2.08. The molecule has 0 fully saturated rings. The van der Waals surface area contributed by atoms with Crippen LogP contribution in [0, 0.1) is 0 Å². The average molecular weight is 191 g/mol. The second-order valence-corrected chi connectivity index (χ2v) is 2.31. The Bertz CT molecular complexity index is 208. The number of hydrogen-bond acceptors (Lipinski definition) is 2. The summed E-state index contributed by atoms with van der Waals surface area (Å²) in [6, 6.07) is 0. The van der Waals surface area contributed by atoms with Crippen molar-refractivity contribution in [3.8, 4) is 0 Å². The predicted molar refractivity (Wildman–Crippen MR) is 47.3 cm³/mol. The Morgan fingerprint density at radius 2 is 2.42 bits per heavy atom. The van der Waals surface area contributed by atoms with E-state index in [0.29, 0.717) is 6.61 Å². The Labute approximate surface area is 77.1 Å². The van der Waals surface area contributed by atoms with Gasteiger partial charge in [0, 0.05) is 0 Å². The quantitative estimate of drug-likeness (QED) is 0.722. The van der Waals surface area contributed by atoms with E-state index in [9.17, 15) is 4.79 Å². The molecule has 0 atom stereocenters. The van der Waals surface area contributed by atoms with Gasteiger partial charge in [0.1, 0.15) is 0 Å². The lowest BCUT2D eigenvalue weighted by molar-refractivity contribution is -0.136. The summed E-state index contributed by atoms with van der Waals surface area (Å²) in [7, 11) is 0. The molecule has 0 aromatic heterocycles.